The van der Waals surface area contributed by atoms with Gasteiger partial charge in [0.2, 0.25) is 5.88 Å². The predicted molar refractivity (Wildman–Crippen MR) is 49.3 cm³/mol. The quantitative estimate of drug-likeness (QED) is 0.523. The van der Waals surface area contributed by atoms with E-state index in [1.165, 1.54) is 6.08 Å². The summed E-state index contributed by atoms with van der Waals surface area (Å²) in [5.74, 6) is -0.0613. The molecule has 13 heavy (non-hydrogen) atoms. The molecule has 0 atom stereocenters. The minimum absolute atomic E-state index is 0.327. The van der Waals surface area contributed by atoms with Gasteiger partial charge in [0.25, 0.3) is 0 Å². The van der Waals surface area contributed by atoms with E-state index in [2.05, 4.69) is 4.98 Å². The Balaban J connectivity index is 2.50. The maximum atomic E-state index is 11.0. The third-order valence-corrected chi connectivity index (χ3v) is 1.33. The minimum atomic E-state index is -0.388. The van der Waals surface area contributed by atoms with E-state index < -0.39 is 0 Å². The van der Waals surface area contributed by atoms with E-state index in [1.807, 2.05) is 6.92 Å². The Labute approximate surface area is 77.1 Å². The molecule has 1 heterocycles. The Kier molecular flexibility index (Phi) is 3.70. The molecule has 0 aliphatic carbocycles. The van der Waals surface area contributed by atoms with E-state index in [-0.39, 0.29) is 5.97 Å². The number of nitrogens with zero attached hydrogens (tertiary/aromatic N) is 1. The normalized spacial score (nSPS) is 10.2. The van der Waals surface area contributed by atoms with Crippen molar-refractivity contribution in [1.29, 1.82) is 0 Å². The van der Waals surface area contributed by atoms with E-state index >= 15 is 0 Å². The van der Waals surface area contributed by atoms with Crippen molar-refractivity contribution in [2.24, 2.45) is 0 Å². The zero-order chi connectivity index (χ0) is 9.52. The maximum Gasteiger partial charge on any atom is 0.337 e. The fourth-order valence-corrected chi connectivity index (χ4v) is 0.759. The van der Waals surface area contributed by atoms with Crippen LogP contribution in [0.5, 0.6) is 5.88 Å². The van der Waals surface area contributed by atoms with Crippen molar-refractivity contribution < 1.29 is 9.53 Å². The number of aromatic nitrogens is 1. The second kappa shape index (κ2) is 5.09. The van der Waals surface area contributed by atoms with Gasteiger partial charge in [-0.3, -0.25) is 0 Å². The first-order chi connectivity index (χ1) is 6.33. The lowest BCUT2D eigenvalue weighted by atomic mass is 10.4. The summed E-state index contributed by atoms with van der Waals surface area (Å²) in [5, 5.41) is 0. The number of ether oxygens (including phenoxy) is 1. The molecule has 68 valence electrons. The molecule has 0 spiro atoms. The topological polar surface area (TPSA) is 39.2 Å². The zero-order valence-electron chi connectivity index (χ0n) is 7.43. The highest BCUT2D eigenvalue weighted by Gasteiger charge is 1.98. The number of carbonyl (C=O) groups excluding carboxylic acids is 1. The summed E-state index contributed by atoms with van der Waals surface area (Å²) in [4.78, 5) is 14.9. The van der Waals surface area contributed by atoms with Gasteiger partial charge in [0.1, 0.15) is 0 Å². The monoisotopic (exact) mass is 177 g/mol. The Morgan fingerprint density at radius 2 is 2.46 bits per heavy atom. The average molecular weight is 177 g/mol. The SMILES string of the molecule is CC/C=C/C(=O)Oc1ccccn1. The number of carbonyl (C=O) groups is 1. The van der Waals surface area contributed by atoms with Gasteiger partial charge in [0.05, 0.1) is 0 Å². The summed E-state index contributed by atoms with van der Waals surface area (Å²) in [6, 6.07) is 5.16. The van der Waals surface area contributed by atoms with Crippen LogP contribution in [0.4, 0.5) is 0 Å². The molecule has 1 aromatic rings. The molecule has 3 heteroatoms. The van der Waals surface area contributed by atoms with E-state index in [0.29, 0.717) is 5.88 Å². The number of hydrogen-bond acceptors (Lipinski definition) is 3. The second-order valence-electron chi connectivity index (χ2n) is 2.40. The molecule has 1 aromatic heterocycles. The van der Waals surface area contributed by atoms with Crippen LogP contribution in [0.2, 0.25) is 0 Å². The Morgan fingerprint density at radius 1 is 1.62 bits per heavy atom. The van der Waals surface area contributed by atoms with E-state index in [4.69, 9.17) is 4.74 Å². The minimum Gasteiger partial charge on any atom is -0.404 e. The van der Waals surface area contributed by atoms with Crippen molar-refractivity contribution in [2.45, 2.75) is 13.3 Å². The molecule has 0 aliphatic rings. The summed E-state index contributed by atoms with van der Waals surface area (Å²) >= 11 is 0. The van der Waals surface area contributed by atoms with Crippen LogP contribution in [0.15, 0.2) is 36.5 Å². The Bertz CT molecular complexity index is 293. The first-order valence-corrected chi connectivity index (χ1v) is 4.12. The van der Waals surface area contributed by atoms with E-state index in [1.54, 1.807) is 30.5 Å². The van der Waals surface area contributed by atoms with Crippen LogP contribution in [-0.4, -0.2) is 11.0 Å². The molecule has 0 saturated carbocycles. The summed E-state index contributed by atoms with van der Waals surface area (Å²) in [7, 11) is 0. The van der Waals surface area contributed by atoms with Gasteiger partial charge < -0.3 is 4.74 Å². The van der Waals surface area contributed by atoms with Gasteiger partial charge in [-0.15, -0.1) is 0 Å². The molecule has 0 radical (unpaired) electrons. The van der Waals surface area contributed by atoms with Crippen molar-refractivity contribution in [3.63, 3.8) is 0 Å². The highest BCUT2D eigenvalue weighted by atomic mass is 16.5. The fraction of sp³-hybridized carbons (Fsp3) is 0.200. The smallest absolute Gasteiger partial charge is 0.337 e. The van der Waals surface area contributed by atoms with Gasteiger partial charge in [-0.25, -0.2) is 9.78 Å². The maximum absolute atomic E-state index is 11.0. The van der Waals surface area contributed by atoms with Crippen molar-refractivity contribution in [3.05, 3.63) is 36.5 Å². The summed E-state index contributed by atoms with van der Waals surface area (Å²) in [6.07, 6.45) is 5.53. The van der Waals surface area contributed by atoms with Crippen LogP contribution in [0, 0.1) is 0 Å². The first kappa shape index (κ1) is 9.45. The molecule has 0 N–H and O–H groups in total. The summed E-state index contributed by atoms with van der Waals surface area (Å²) in [5.41, 5.74) is 0. The van der Waals surface area contributed by atoms with Gasteiger partial charge in [0.15, 0.2) is 0 Å². The molecule has 0 aromatic carbocycles. The molecule has 3 nitrogen and oxygen atoms in total. The first-order valence-electron chi connectivity index (χ1n) is 4.12. The molecule has 0 bridgehead atoms. The molecule has 1 rings (SSSR count). The number of allylic oxidation sites excluding steroid dienone is 1. The Hall–Kier alpha value is -1.64. The molecule has 0 fully saturated rings. The van der Waals surface area contributed by atoms with Crippen LogP contribution in [0.1, 0.15) is 13.3 Å². The lowest BCUT2D eigenvalue weighted by Gasteiger charge is -1.97. The average Bonchev–Trinajstić information content (AvgIpc) is 2.16. The molecular weight excluding hydrogens is 166 g/mol. The van der Waals surface area contributed by atoms with E-state index in [0.717, 1.165) is 6.42 Å². The number of hydrogen-bond donors (Lipinski definition) is 0. The number of esters is 1. The molecular formula is C10H11NO2. The molecule has 0 aliphatic heterocycles. The fourth-order valence-electron chi connectivity index (χ4n) is 0.759. The van der Waals surface area contributed by atoms with Crippen molar-refractivity contribution in [1.82, 2.24) is 4.98 Å². The van der Waals surface area contributed by atoms with Gasteiger partial charge >= 0.3 is 5.97 Å². The number of rotatable bonds is 3. The van der Waals surface area contributed by atoms with Crippen molar-refractivity contribution in [2.75, 3.05) is 0 Å². The van der Waals surface area contributed by atoms with Gasteiger partial charge in [-0.05, 0) is 12.5 Å². The number of pyridine rings is 1. The molecule has 0 saturated heterocycles. The zero-order valence-corrected chi connectivity index (χ0v) is 7.43. The van der Waals surface area contributed by atoms with Crippen molar-refractivity contribution in [3.8, 4) is 5.88 Å². The van der Waals surface area contributed by atoms with Gasteiger partial charge in [-0.1, -0.05) is 19.1 Å². The highest BCUT2D eigenvalue weighted by molar-refractivity contribution is 5.83. The van der Waals surface area contributed by atoms with Gasteiger partial charge in [-0.2, -0.15) is 0 Å². The van der Waals surface area contributed by atoms with Crippen LogP contribution < -0.4 is 4.74 Å². The van der Waals surface area contributed by atoms with Gasteiger partial charge in [0, 0.05) is 18.3 Å². The summed E-state index contributed by atoms with van der Waals surface area (Å²) in [6.45, 7) is 1.95. The highest BCUT2D eigenvalue weighted by Crippen LogP contribution is 2.03. The third-order valence-electron chi connectivity index (χ3n) is 1.33. The standard InChI is InChI=1S/C10H11NO2/c1-2-3-7-10(12)13-9-6-4-5-8-11-9/h3-8H,2H2,1H3/b7-3+. The lowest BCUT2D eigenvalue weighted by Crippen LogP contribution is -2.04. The van der Waals surface area contributed by atoms with Crippen LogP contribution in [0.25, 0.3) is 0 Å². The van der Waals surface area contributed by atoms with Crippen LogP contribution in [0.3, 0.4) is 0 Å². The molecule has 0 amide bonds. The lowest BCUT2D eigenvalue weighted by molar-refractivity contribution is -0.129. The Morgan fingerprint density at radius 3 is 3.08 bits per heavy atom. The van der Waals surface area contributed by atoms with Crippen LogP contribution in [-0.2, 0) is 4.79 Å². The largest absolute Gasteiger partial charge is 0.404 e. The molecule has 0 unspecified atom stereocenters. The third kappa shape index (κ3) is 3.51. The van der Waals surface area contributed by atoms with E-state index in [9.17, 15) is 4.79 Å². The second-order valence-corrected chi connectivity index (χ2v) is 2.40. The van der Waals surface area contributed by atoms with Crippen molar-refractivity contribution >= 4 is 5.97 Å². The summed E-state index contributed by atoms with van der Waals surface area (Å²) < 4.78 is 4.88. The van der Waals surface area contributed by atoms with Crippen LogP contribution >= 0.6 is 0 Å². The predicted octanol–water partition coefficient (Wildman–Crippen LogP) is 1.95.